The molecule has 0 unspecified atom stereocenters. The minimum absolute atomic E-state index is 0.00701. The number of carbonyl (C=O) groups is 1. The SMILES string of the molecule is CC(C)(CNC(=O)c1ccc(F)c(S(=O)(=O)N2CCOCC2)c1)c1ccccc1F. The van der Waals surface area contributed by atoms with Crippen molar-refractivity contribution in [1.82, 2.24) is 9.62 Å². The van der Waals surface area contributed by atoms with Crippen LogP contribution in [0.5, 0.6) is 0 Å². The maximum Gasteiger partial charge on any atom is 0.251 e. The smallest absolute Gasteiger partial charge is 0.251 e. The van der Waals surface area contributed by atoms with E-state index in [2.05, 4.69) is 5.32 Å². The molecule has 0 aliphatic carbocycles. The molecule has 0 aromatic heterocycles. The first-order chi connectivity index (χ1) is 14.1. The van der Waals surface area contributed by atoms with Crippen molar-refractivity contribution in [2.75, 3.05) is 32.8 Å². The minimum atomic E-state index is -4.09. The van der Waals surface area contributed by atoms with Crippen molar-refractivity contribution in [3.8, 4) is 0 Å². The van der Waals surface area contributed by atoms with Gasteiger partial charge in [-0.2, -0.15) is 4.31 Å². The number of rotatable bonds is 6. The highest BCUT2D eigenvalue weighted by atomic mass is 32.2. The van der Waals surface area contributed by atoms with Crippen LogP contribution < -0.4 is 5.32 Å². The average Bonchev–Trinajstić information content (AvgIpc) is 2.73. The van der Waals surface area contributed by atoms with Crippen molar-refractivity contribution in [2.45, 2.75) is 24.2 Å². The van der Waals surface area contributed by atoms with Crippen molar-refractivity contribution >= 4 is 15.9 Å². The standard InChI is InChI=1S/C21H24F2N2O4S/c1-21(2,16-5-3-4-6-17(16)22)14-24-20(26)15-7-8-18(23)19(13-15)30(27,28)25-9-11-29-12-10-25/h3-8,13H,9-12,14H2,1-2H3,(H,24,26). The van der Waals surface area contributed by atoms with E-state index in [1.54, 1.807) is 32.0 Å². The molecule has 1 heterocycles. The number of halogens is 2. The number of hydrogen-bond donors (Lipinski definition) is 1. The molecule has 6 nitrogen and oxygen atoms in total. The molecule has 1 fully saturated rings. The van der Waals surface area contributed by atoms with Crippen LogP contribution in [0.15, 0.2) is 47.4 Å². The summed E-state index contributed by atoms with van der Waals surface area (Å²) in [4.78, 5) is 12.1. The molecule has 1 aliphatic heterocycles. The monoisotopic (exact) mass is 438 g/mol. The van der Waals surface area contributed by atoms with Crippen molar-refractivity contribution in [3.63, 3.8) is 0 Å². The van der Waals surface area contributed by atoms with E-state index in [0.717, 1.165) is 16.4 Å². The highest BCUT2D eigenvalue weighted by Gasteiger charge is 2.30. The summed E-state index contributed by atoms with van der Waals surface area (Å²) in [6.07, 6.45) is 0. The molecule has 0 saturated carbocycles. The second-order valence-corrected chi connectivity index (χ2v) is 9.61. The Labute approximate surface area is 174 Å². The molecule has 2 aromatic rings. The van der Waals surface area contributed by atoms with E-state index in [0.29, 0.717) is 5.56 Å². The third-order valence-electron chi connectivity index (χ3n) is 5.08. The van der Waals surface area contributed by atoms with Gasteiger partial charge in [-0.05, 0) is 29.8 Å². The first-order valence-corrected chi connectivity index (χ1v) is 11.0. The number of morpholine rings is 1. The fourth-order valence-corrected chi connectivity index (χ4v) is 4.78. The number of carbonyl (C=O) groups excluding carboxylic acids is 1. The van der Waals surface area contributed by atoms with Crippen LogP contribution in [-0.4, -0.2) is 51.5 Å². The predicted molar refractivity (Wildman–Crippen MR) is 108 cm³/mol. The van der Waals surface area contributed by atoms with Crippen molar-refractivity contribution < 1.29 is 26.7 Å². The number of nitrogens with one attached hydrogen (secondary N) is 1. The van der Waals surface area contributed by atoms with Crippen LogP contribution in [0.3, 0.4) is 0 Å². The highest BCUT2D eigenvalue weighted by Crippen LogP contribution is 2.25. The zero-order valence-electron chi connectivity index (χ0n) is 16.8. The first-order valence-electron chi connectivity index (χ1n) is 9.53. The van der Waals surface area contributed by atoms with E-state index in [9.17, 15) is 22.0 Å². The molecule has 162 valence electrons. The Hall–Kier alpha value is -2.36. The Morgan fingerprint density at radius 3 is 2.43 bits per heavy atom. The Kier molecular flexibility index (Phi) is 6.54. The maximum atomic E-state index is 14.3. The average molecular weight is 438 g/mol. The highest BCUT2D eigenvalue weighted by molar-refractivity contribution is 7.89. The third kappa shape index (κ3) is 4.69. The Bertz CT molecular complexity index is 1040. The Morgan fingerprint density at radius 1 is 1.10 bits per heavy atom. The van der Waals surface area contributed by atoms with Gasteiger partial charge in [0.15, 0.2) is 0 Å². The van der Waals surface area contributed by atoms with Gasteiger partial charge in [-0.3, -0.25) is 4.79 Å². The van der Waals surface area contributed by atoms with Gasteiger partial charge in [-0.25, -0.2) is 17.2 Å². The molecule has 0 bridgehead atoms. The lowest BCUT2D eigenvalue weighted by Gasteiger charge is -2.27. The summed E-state index contributed by atoms with van der Waals surface area (Å²) in [6.45, 7) is 4.37. The molecule has 0 spiro atoms. The second-order valence-electron chi connectivity index (χ2n) is 7.71. The van der Waals surface area contributed by atoms with Gasteiger partial charge in [0.2, 0.25) is 10.0 Å². The fourth-order valence-electron chi connectivity index (χ4n) is 3.28. The van der Waals surface area contributed by atoms with Gasteiger partial charge in [-0.1, -0.05) is 32.0 Å². The van der Waals surface area contributed by atoms with Gasteiger partial charge < -0.3 is 10.1 Å². The number of hydrogen-bond acceptors (Lipinski definition) is 4. The van der Waals surface area contributed by atoms with Gasteiger partial charge in [0.25, 0.3) is 5.91 Å². The molecule has 1 N–H and O–H groups in total. The summed E-state index contributed by atoms with van der Waals surface area (Å²) in [7, 11) is -4.09. The zero-order valence-corrected chi connectivity index (χ0v) is 17.6. The van der Waals surface area contributed by atoms with E-state index in [-0.39, 0.29) is 44.2 Å². The normalized spacial score (nSPS) is 15.7. The summed E-state index contributed by atoms with van der Waals surface area (Å²) >= 11 is 0. The molecule has 9 heteroatoms. The topological polar surface area (TPSA) is 75.7 Å². The van der Waals surface area contributed by atoms with E-state index in [1.807, 2.05) is 0 Å². The van der Waals surface area contributed by atoms with Gasteiger partial charge in [0, 0.05) is 30.6 Å². The molecule has 2 aromatic carbocycles. The van der Waals surface area contributed by atoms with Crippen LogP contribution in [0.25, 0.3) is 0 Å². The molecule has 30 heavy (non-hydrogen) atoms. The molecule has 1 saturated heterocycles. The van der Waals surface area contributed by atoms with Crippen LogP contribution >= 0.6 is 0 Å². The number of ether oxygens (including phenoxy) is 1. The lowest BCUT2D eigenvalue weighted by Crippen LogP contribution is -2.41. The van der Waals surface area contributed by atoms with Crippen LogP contribution in [0, 0.1) is 11.6 Å². The molecule has 1 amide bonds. The number of amides is 1. The molecule has 1 aliphatic rings. The maximum absolute atomic E-state index is 14.3. The quantitative estimate of drug-likeness (QED) is 0.753. The van der Waals surface area contributed by atoms with Crippen LogP contribution in [0.2, 0.25) is 0 Å². The van der Waals surface area contributed by atoms with Crippen LogP contribution in [0.4, 0.5) is 8.78 Å². The van der Waals surface area contributed by atoms with Crippen LogP contribution in [-0.2, 0) is 20.2 Å². The lowest BCUT2D eigenvalue weighted by atomic mass is 9.84. The molecular weight excluding hydrogens is 414 g/mol. The summed E-state index contributed by atoms with van der Waals surface area (Å²) in [6, 6.07) is 9.51. The summed E-state index contributed by atoms with van der Waals surface area (Å²) in [5, 5.41) is 2.69. The van der Waals surface area contributed by atoms with Gasteiger partial charge in [-0.15, -0.1) is 0 Å². The molecule has 0 atom stereocenters. The second kappa shape index (κ2) is 8.79. The van der Waals surface area contributed by atoms with E-state index in [1.165, 1.54) is 12.1 Å². The first kappa shape index (κ1) is 22.3. The van der Waals surface area contributed by atoms with Gasteiger partial charge in [0.05, 0.1) is 13.2 Å². The van der Waals surface area contributed by atoms with E-state index in [4.69, 9.17) is 4.74 Å². The predicted octanol–water partition coefficient (Wildman–Crippen LogP) is 2.69. The molecular formula is C21H24F2N2O4S. The van der Waals surface area contributed by atoms with Gasteiger partial charge >= 0.3 is 0 Å². The zero-order chi connectivity index (χ0) is 21.9. The fraction of sp³-hybridized carbons (Fsp3) is 0.381. The van der Waals surface area contributed by atoms with Crippen LogP contribution in [0.1, 0.15) is 29.8 Å². The van der Waals surface area contributed by atoms with Crippen molar-refractivity contribution in [2.24, 2.45) is 0 Å². The minimum Gasteiger partial charge on any atom is -0.379 e. The third-order valence-corrected chi connectivity index (χ3v) is 6.99. The van der Waals surface area contributed by atoms with Crippen molar-refractivity contribution in [1.29, 1.82) is 0 Å². The van der Waals surface area contributed by atoms with Gasteiger partial charge in [0.1, 0.15) is 16.5 Å². The molecule has 0 radical (unpaired) electrons. The number of nitrogens with zero attached hydrogens (tertiary/aromatic N) is 1. The summed E-state index contributed by atoms with van der Waals surface area (Å²) < 4.78 is 60.3. The van der Waals surface area contributed by atoms with E-state index < -0.39 is 32.1 Å². The van der Waals surface area contributed by atoms with E-state index >= 15 is 0 Å². The largest absolute Gasteiger partial charge is 0.379 e. The summed E-state index contributed by atoms with van der Waals surface area (Å²) in [5.41, 5.74) is -0.253. The number of sulfonamides is 1. The number of benzene rings is 2. The Balaban J connectivity index is 1.79. The summed E-state index contributed by atoms with van der Waals surface area (Å²) in [5.74, 6) is -1.88. The van der Waals surface area contributed by atoms with Crippen molar-refractivity contribution in [3.05, 3.63) is 65.2 Å². The lowest BCUT2D eigenvalue weighted by molar-refractivity contribution is 0.0729. The molecule has 3 rings (SSSR count). The Morgan fingerprint density at radius 2 is 1.77 bits per heavy atom.